The summed E-state index contributed by atoms with van der Waals surface area (Å²) in [5.41, 5.74) is 3.88. The molecular weight excluding hydrogens is 466 g/mol. The Morgan fingerprint density at radius 1 is 0.943 bits per heavy atom. The van der Waals surface area contributed by atoms with Crippen molar-refractivity contribution >= 4 is 23.9 Å². The Balaban J connectivity index is 1.59. The fraction of sp³-hybridized carbons (Fsp3) is 0.333. The van der Waals surface area contributed by atoms with Crippen molar-refractivity contribution in [3.63, 3.8) is 0 Å². The second-order valence-corrected chi connectivity index (χ2v) is 7.85. The molecule has 3 N–H and O–H groups in total. The van der Waals surface area contributed by atoms with Gasteiger partial charge in [-0.3, -0.25) is 9.59 Å². The van der Waals surface area contributed by atoms with E-state index >= 15 is 0 Å². The second kappa shape index (κ2) is 11.4. The summed E-state index contributed by atoms with van der Waals surface area (Å²) in [5, 5.41) is 13.0. The molecule has 3 rings (SSSR count). The zero-order valence-electron chi connectivity index (χ0n) is 18.7. The number of carboxylic acid groups (broad SMARTS) is 1. The van der Waals surface area contributed by atoms with Crippen molar-refractivity contribution in [1.82, 2.24) is 10.6 Å². The van der Waals surface area contributed by atoms with Crippen molar-refractivity contribution in [1.29, 1.82) is 0 Å². The highest BCUT2D eigenvalue weighted by atomic mass is 19.3. The number of nitrogens with one attached hydrogen (secondary N) is 2. The molecule has 0 aliphatic heterocycles. The van der Waals surface area contributed by atoms with E-state index in [4.69, 9.17) is 9.84 Å². The van der Waals surface area contributed by atoms with Crippen molar-refractivity contribution in [2.45, 2.75) is 37.3 Å². The van der Waals surface area contributed by atoms with Crippen LogP contribution in [0.4, 0.5) is 13.6 Å². The molecule has 0 saturated carbocycles. The van der Waals surface area contributed by atoms with Crippen LogP contribution in [0.1, 0.15) is 29.9 Å². The molecule has 0 spiro atoms. The molecule has 2 atom stereocenters. The minimum Gasteiger partial charge on any atom is -0.480 e. The Kier molecular flexibility index (Phi) is 8.34. The van der Waals surface area contributed by atoms with Gasteiger partial charge in [0.15, 0.2) is 0 Å². The predicted octanol–water partition coefficient (Wildman–Crippen LogP) is 2.68. The van der Waals surface area contributed by atoms with Gasteiger partial charge in [0, 0.05) is 5.92 Å². The Bertz CT molecular complexity index is 1060. The van der Waals surface area contributed by atoms with Crippen LogP contribution in [0.3, 0.4) is 0 Å². The van der Waals surface area contributed by atoms with Crippen LogP contribution in [-0.4, -0.2) is 61.3 Å². The Hall–Kier alpha value is -4.02. The van der Waals surface area contributed by atoms with E-state index in [1.165, 1.54) is 0 Å². The first-order valence-electron chi connectivity index (χ1n) is 10.7. The Morgan fingerprint density at radius 2 is 1.51 bits per heavy atom. The highest BCUT2D eigenvalue weighted by molar-refractivity contribution is 5.87. The lowest BCUT2D eigenvalue weighted by Crippen LogP contribution is -2.47. The van der Waals surface area contributed by atoms with Gasteiger partial charge in [-0.15, -0.1) is 0 Å². The molecule has 0 radical (unpaired) electrons. The number of benzene rings is 2. The third kappa shape index (κ3) is 6.31. The topological polar surface area (TPSA) is 131 Å². The maximum absolute atomic E-state index is 13.5. The zero-order valence-corrected chi connectivity index (χ0v) is 18.7. The monoisotopic (exact) mass is 490 g/mol. The second-order valence-electron chi connectivity index (χ2n) is 7.85. The van der Waals surface area contributed by atoms with Crippen molar-refractivity contribution < 1.29 is 42.5 Å². The van der Waals surface area contributed by atoms with Gasteiger partial charge in [0.25, 0.3) is 6.43 Å². The molecule has 186 valence electrons. The quantitative estimate of drug-likeness (QED) is 0.437. The molecule has 2 amide bonds. The molecule has 11 heteroatoms. The number of methoxy groups -OCH3 is 1. The molecule has 1 aliphatic rings. The smallest absolute Gasteiger partial charge is 0.407 e. The number of hydrogen-bond donors (Lipinski definition) is 3. The number of ether oxygens (including phenoxy) is 2. The molecule has 2 aromatic rings. The lowest BCUT2D eigenvalue weighted by Gasteiger charge is -2.20. The van der Waals surface area contributed by atoms with E-state index in [1.54, 1.807) is 0 Å². The molecule has 1 aliphatic carbocycles. The number of hydrogen-bond acceptors (Lipinski definition) is 6. The molecule has 9 nitrogen and oxygen atoms in total. The normalized spacial score (nSPS) is 13.8. The lowest BCUT2D eigenvalue weighted by atomic mass is 9.98. The maximum atomic E-state index is 13.5. The van der Waals surface area contributed by atoms with Gasteiger partial charge >= 0.3 is 18.0 Å². The van der Waals surface area contributed by atoms with Crippen LogP contribution >= 0.6 is 0 Å². The third-order valence-corrected chi connectivity index (χ3v) is 5.59. The minimum atomic E-state index is -3.13. The third-order valence-electron chi connectivity index (χ3n) is 5.59. The number of carbonyl (C=O) groups excluding carboxylic acids is 3. The molecule has 0 saturated heterocycles. The van der Waals surface area contributed by atoms with Crippen LogP contribution < -0.4 is 10.6 Å². The van der Waals surface area contributed by atoms with Crippen molar-refractivity contribution in [3.8, 4) is 11.1 Å². The number of halogens is 2. The number of rotatable bonds is 10. The zero-order chi connectivity index (χ0) is 25.5. The van der Waals surface area contributed by atoms with E-state index in [-0.39, 0.29) is 12.5 Å². The summed E-state index contributed by atoms with van der Waals surface area (Å²) in [4.78, 5) is 46.9. The number of aliphatic carboxylic acids is 1. The summed E-state index contributed by atoms with van der Waals surface area (Å²) < 4.78 is 36.5. The first kappa shape index (κ1) is 25.6. The minimum absolute atomic E-state index is 0.109. The number of esters is 1. The Morgan fingerprint density at radius 3 is 2.03 bits per heavy atom. The number of carboxylic acids is 1. The molecular formula is C24H24F2N2O7. The maximum Gasteiger partial charge on any atom is 0.407 e. The van der Waals surface area contributed by atoms with Gasteiger partial charge in [-0.1, -0.05) is 48.5 Å². The van der Waals surface area contributed by atoms with Gasteiger partial charge in [-0.2, -0.15) is 0 Å². The number of carbonyl (C=O) groups is 4. The number of fused-ring (bicyclic) bond motifs is 3. The van der Waals surface area contributed by atoms with E-state index < -0.39 is 55.3 Å². The van der Waals surface area contributed by atoms with Gasteiger partial charge in [-0.05, 0) is 22.3 Å². The highest BCUT2D eigenvalue weighted by Crippen LogP contribution is 2.44. The molecule has 35 heavy (non-hydrogen) atoms. The fourth-order valence-corrected chi connectivity index (χ4v) is 3.90. The molecule has 0 aromatic heterocycles. The van der Waals surface area contributed by atoms with Gasteiger partial charge in [-0.25, -0.2) is 18.4 Å². The van der Waals surface area contributed by atoms with Crippen molar-refractivity contribution in [2.24, 2.45) is 0 Å². The molecule has 0 heterocycles. The van der Waals surface area contributed by atoms with Crippen molar-refractivity contribution in [3.05, 3.63) is 59.7 Å². The molecule has 1 unspecified atom stereocenters. The summed E-state index contributed by atoms with van der Waals surface area (Å²) in [6.45, 7) is -0.109. The standard InChI is InChI=1S/C24H24F2N2O7/c1-34-21(30)11-19(23(31)32)27-20(29)10-18(22(25)26)28-24(33)35-12-17-15-8-4-2-6-13(15)14-7-3-5-9-16(14)17/h2-9,17-19,22H,10-12H2,1H3,(H,27,29)(H,28,33)(H,31,32)/t18?,19-/m0/s1. The summed E-state index contributed by atoms with van der Waals surface area (Å²) in [6.07, 6.45) is -5.89. The van der Waals surface area contributed by atoms with Crippen LogP contribution in [0.15, 0.2) is 48.5 Å². The largest absolute Gasteiger partial charge is 0.480 e. The first-order chi connectivity index (χ1) is 16.7. The average molecular weight is 490 g/mol. The van der Waals surface area contributed by atoms with E-state index in [0.29, 0.717) is 0 Å². The van der Waals surface area contributed by atoms with Gasteiger partial charge in [0.2, 0.25) is 5.91 Å². The summed E-state index contributed by atoms with van der Waals surface area (Å²) in [5.74, 6) is -3.82. The van der Waals surface area contributed by atoms with Crippen LogP contribution in [0.2, 0.25) is 0 Å². The Labute approximate surface area is 199 Å². The first-order valence-corrected chi connectivity index (χ1v) is 10.7. The SMILES string of the molecule is COC(=O)C[C@H](NC(=O)CC(NC(=O)OCC1c2ccccc2-c2ccccc21)C(F)F)C(=O)O. The van der Waals surface area contributed by atoms with Gasteiger partial charge < -0.3 is 25.2 Å². The van der Waals surface area contributed by atoms with E-state index in [0.717, 1.165) is 29.4 Å². The van der Waals surface area contributed by atoms with Crippen LogP contribution in [0, 0.1) is 0 Å². The number of alkyl halides is 2. The van der Waals surface area contributed by atoms with E-state index in [2.05, 4.69) is 4.74 Å². The molecule has 2 aromatic carbocycles. The lowest BCUT2D eigenvalue weighted by molar-refractivity contribution is -0.148. The van der Waals surface area contributed by atoms with Crippen LogP contribution in [0.5, 0.6) is 0 Å². The predicted molar refractivity (Wildman–Crippen MR) is 119 cm³/mol. The van der Waals surface area contributed by atoms with E-state index in [1.807, 2.05) is 59.2 Å². The fourth-order valence-electron chi connectivity index (χ4n) is 3.90. The van der Waals surface area contributed by atoms with Crippen LogP contribution in [-0.2, 0) is 23.9 Å². The summed E-state index contributed by atoms with van der Waals surface area (Å²) in [6, 6.07) is 11.6. The summed E-state index contributed by atoms with van der Waals surface area (Å²) in [7, 11) is 1.04. The number of alkyl carbamates (subject to hydrolysis) is 1. The molecule has 0 bridgehead atoms. The average Bonchev–Trinajstić information content (AvgIpc) is 3.15. The van der Waals surface area contributed by atoms with Gasteiger partial charge in [0.05, 0.1) is 20.0 Å². The van der Waals surface area contributed by atoms with Crippen LogP contribution in [0.25, 0.3) is 11.1 Å². The summed E-state index contributed by atoms with van der Waals surface area (Å²) >= 11 is 0. The molecule has 0 fully saturated rings. The highest BCUT2D eigenvalue weighted by Gasteiger charge is 2.32. The van der Waals surface area contributed by atoms with E-state index in [9.17, 15) is 28.0 Å². The number of amides is 2. The van der Waals surface area contributed by atoms with Crippen molar-refractivity contribution in [2.75, 3.05) is 13.7 Å². The van der Waals surface area contributed by atoms with Gasteiger partial charge in [0.1, 0.15) is 18.7 Å².